The first-order valence-electron chi connectivity index (χ1n) is 6.64. The molecule has 0 fully saturated rings. The van der Waals surface area contributed by atoms with Gasteiger partial charge in [-0.05, 0) is 29.8 Å². The van der Waals surface area contributed by atoms with Crippen LogP contribution in [0.1, 0.15) is 21.5 Å². The molecule has 2 aromatic rings. The fourth-order valence-corrected chi connectivity index (χ4v) is 2.79. The van der Waals surface area contributed by atoms with E-state index >= 15 is 0 Å². The van der Waals surface area contributed by atoms with Crippen LogP contribution >= 0.6 is 11.6 Å². The highest BCUT2D eigenvalue weighted by molar-refractivity contribution is 6.32. The molecular weight excluding hydrogens is 304 g/mol. The fraction of sp³-hybridized carbons (Fsp3) is 0.118. The van der Waals surface area contributed by atoms with E-state index in [0.29, 0.717) is 28.7 Å². The van der Waals surface area contributed by atoms with Gasteiger partial charge in [0.1, 0.15) is 5.75 Å². The minimum atomic E-state index is -0.134. The zero-order valence-electron chi connectivity index (χ0n) is 11.8. The molecular formula is C17H13ClO4. The summed E-state index contributed by atoms with van der Waals surface area (Å²) in [5.74, 6) is 0.111. The number of hydrogen-bond donors (Lipinski definition) is 2. The van der Waals surface area contributed by atoms with E-state index in [9.17, 15) is 15.0 Å². The number of methoxy groups -OCH3 is 1. The van der Waals surface area contributed by atoms with Crippen molar-refractivity contribution in [2.45, 2.75) is 6.42 Å². The molecule has 0 amide bonds. The van der Waals surface area contributed by atoms with E-state index in [1.165, 1.54) is 7.11 Å². The molecule has 2 aromatic carbocycles. The average molecular weight is 317 g/mol. The van der Waals surface area contributed by atoms with E-state index in [-0.39, 0.29) is 28.1 Å². The number of fused-ring (bicyclic) bond motifs is 1. The molecule has 0 heterocycles. The summed E-state index contributed by atoms with van der Waals surface area (Å²) in [5.41, 5.74) is 2.36. The standard InChI is InChI=1S/C17H13ClO4/c1-22-15-7-9(6-13(18)17(15)21)5-10-8-12-11(16(10)20)3-2-4-14(12)19/h2-7,19,21H,8H2,1H3. The topological polar surface area (TPSA) is 66.8 Å². The Morgan fingerprint density at radius 1 is 1.27 bits per heavy atom. The lowest BCUT2D eigenvalue weighted by atomic mass is 10.1. The molecule has 22 heavy (non-hydrogen) atoms. The van der Waals surface area contributed by atoms with Gasteiger partial charge in [0.25, 0.3) is 0 Å². The minimum absolute atomic E-state index is 0.117. The van der Waals surface area contributed by atoms with Gasteiger partial charge in [-0.1, -0.05) is 23.7 Å². The summed E-state index contributed by atoms with van der Waals surface area (Å²) in [4.78, 5) is 12.4. The number of aromatic hydroxyl groups is 2. The molecule has 0 radical (unpaired) electrons. The highest BCUT2D eigenvalue weighted by Gasteiger charge is 2.27. The van der Waals surface area contributed by atoms with Crippen molar-refractivity contribution in [2.24, 2.45) is 0 Å². The van der Waals surface area contributed by atoms with Crippen LogP contribution in [0.25, 0.3) is 6.08 Å². The Kier molecular flexibility index (Phi) is 3.54. The second kappa shape index (κ2) is 5.39. The molecule has 0 saturated heterocycles. The molecule has 0 aliphatic heterocycles. The van der Waals surface area contributed by atoms with Gasteiger partial charge in [0.2, 0.25) is 0 Å². The second-order valence-electron chi connectivity index (χ2n) is 5.03. The Hall–Kier alpha value is -2.46. The van der Waals surface area contributed by atoms with Crippen molar-refractivity contribution < 1.29 is 19.7 Å². The van der Waals surface area contributed by atoms with Crippen LogP contribution in [0, 0.1) is 0 Å². The quantitative estimate of drug-likeness (QED) is 0.831. The maximum atomic E-state index is 12.4. The number of rotatable bonds is 2. The molecule has 0 saturated carbocycles. The van der Waals surface area contributed by atoms with Crippen LogP contribution in [0.4, 0.5) is 0 Å². The van der Waals surface area contributed by atoms with Crippen molar-refractivity contribution >= 4 is 23.5 Å². The summed E-state index contributed by atoms with van der Waals surface area (Å²) in [6, 6.07) is 8.07. The number of halogens is 1. The third-order valence-corrected chi connectivity index (χ3v) is 3.95. The molecule has 0 aromatic heterocycles. The Balaban J connectivity index is 2.03. The molecule has 0 unspecified atom stereocenters. The van der Waals surface area contributed by atoms with Gasteiger partial charge in [0.15, 0.2) is 17.3 Å². The van der Waals surface area contributed by atoms with Gasteiger partial charge in [-0.25, -0.2) is 0 Å². The van der Waals surface area contributed by atoms with E-state index in [2.05, 4.69) is 0 Å². The van der Waals surface area contributed by atoms with Gasteiger partial charge < -0.3 is 14.9 Å². The number of Topliss-reactive ketones (excluding diaryl/α,β-unsaturated/α-hetero) is 1. The van der Waals surface area contributed by atoms with Gasteiger partial charge in [-0.2, -0.15) is 0 Å². The van der Waals surface area contributed by atoms with Crippen molar-refractivity contribution in [1.29, 1.82) is 0 Å². The van der Waals surface area contributed by atoms with Crippen molar-refractivity contribution in [3.8, 4) is 17.2 Å². The summed E-state index contributed by atoms with van der Waals surface area (Å²) in [6.07, 6.45) is 2.05. The van der Waals surface area contributed by atoms with Crippen molar-refractivity contribution in [3.05, 3.63) is 57.6 Å². The third-order valence-electron chi connectivity index (χ3n) is 3.67. The fourth-order valence-electron chi connectivity index (χ4n) is 2.57. The van der Waals surface area contributed by atoms with Crippen LogP contribution in [-0.2, 0) is 6.42 Å². The molecule has 0 bridgehead atoms. The molecule has 5 heteroatoms. The molecule has 0 atom stereocenters. The van der Waals surface area contributed by atoms with Crippen molar-refractivity contribution in [3.63, 3.8) is 0 Å². The third kappa shape index (κ3) is 2.31. The van der Waals surface area contributed by atoms with Gasteiger partial charge in [-0.3, -0.25) is 4.79 Å². The maximum absolute atomic E-state index is 12.4. The maximum Gasteiger partial charge on any atom is 0.189 e. The molecule has 3 rings (SSSR count). The van der Waals surface area contributed by atoms with E-state index in [4.69, 9.17) is 16.3 Å². The van der Waals surface area contributed by atoms with Gasteiger partial charge >= 0.3 is 0 Å². The van der Waals surface area contributed by atoms with Gasteiger partial charge in [0.05, 0.1) is 12.1 Å². The summed E-state index contributed by atoms with van der Waals surface area (Å²) >= 11 is 5.95. The Morgan fingerprint density at radius 3 is 2.73 bits per heavy atom. The molecule has 0 spiro atoms. The van der Waals surface area contributed by atoms with Gasteiger partial charge in [-0.15, -0.1) is 0 Å². The average Bonchev–Trinajstić information content (AvgIpc) is 2.81. The normalized spacial score (nSPS) is 15.2. The predicted molar refractivity (Wildman–Crippen MR) is 83.8 cm³/mol. The van der Waals surface area contributed by atoms with Crippen LogP contribution in [0.15, 0.2) is 35.9 Å². The SMILES string of the molecule is COc1cc(C=C2Cc3c(O)cccc3C2=O)cc(Cl)c1O. The lowest BCUT2D eigenvalue weighted by Crippen LogP contribution is -1.95. The number of carbonyl (C=O) groups is 1. The smallest absolute Gasteiger partial charge is 0.189 e. The summed E-state index contributed by atoms with van der Waals surface area (Å²) in [7, 11) is 1.43. The number of carbonyl (C=O) groups excluding carboxylic acids is 1. The number of hydrogen-bond acceptors (Lipinski definition) is 4. The number of ether oxygens (including phenoxy) is 1. The Bertz CT molecular complexity index is 809. The first-order chi connectivity index (χ1) is 10.5. The highest BCUT2D eigenvalue weighted by atomic mass is 35.5. The largest absolute Gasteiger partial charge is 0.508 e. The molecule has 1 aliphatic rings. The first-order valence-corrected chi connectivity index (χ1v) is 7.01. The number of phenols is 2. The van der Waals surface area contributed by atoms with Crippen LogP contribution < -0.4 is 4.74 Å². The summed E-state index contributed by atoms with van der Waals surface area (Å²) in [6.45, 7) is 0. The Morgan fingerprint density at radius 2 is 2.05 bits per heavy atom. The zero-order valence-corrected chi connectivity index (χ0v) is 12.5. The zero-order chi connectivity index (χ0) is 15.9. The Labute approximate surface area is 132 Å². The molecule has 2 N–H and O–H groups in total. The highest BCUT2D eigenvalue weighted by Crippen LogP contribution is 2.37. The van der Waals surface area contributed by atoms with E-state index in [1.54, 1.807) is 36.4 Å². The first kappa shape index (κ1) is 14.5. The summed E-state index contributed by atoms with van der Waals surface area (Å²) < 4.78 is 5.05. The van der Waals surface area contributed by atoms with E-state index < -0.39 is 0 Å². The van der Waals surface area contributed by atoms with Crippen molar-refractivity contribution in [1.82, 2.24) is 0 Å². The monoisotopic (exact) mass is 316 g/mol. The number of benzene rings is 2. The van der Waals surface area contributed by atoms with Crippen LogP contribution in [0.3, 0.4) is 0 Å². The lowest BCUT2D eigenvalue weighted by Gasteiger charge is -2.06. The molecule has 112 valence electrons. The van der Waals surface area contributed by atoms with Crippen LogP contribution in [0.2, 0.25) is 5.02 Å². The predicted octanol–water partition coefficient (Wildman–Crippen LogP) is 3.58. The number of allylic oxidation sites excluding steroid dienone is 1. The van der Waals surface area contributed by atoms with Gasteiger partial charge in [0, 0.05) is 23.1 Å². The van der Waals surface area contributed by atoms with Crippen molar-refractivity contribution in [2.75, 3.05) is 7.11 Å². The summed E-state index contributed by atoms with van der Waals surface area (Å²) in [5, 5.41) is 19.7. The number of phenolic OH excluding ortho intramolecular Hbond substituents is 2. The lowest BCUT2D eigenvalue weighted by molar-refractivity contribution is 0.104. The molecule has 4 nitrogen and oxygen atoms in total. The molecule has 1 aliphatic carbocycles. The number of ketones is 1. The second-order valence-corrected chi connectivity index (χ2v) is 5.44. The van der Waals surface area contributed by atoms with E-state index in [1.807, 2.05) is 0 Å². The van der Waals surface area contributed by atoms with Crippen LogP contribution in [0.5, 0.6) is 17.2 Å². The minimum Gasteiger partial charge on any atom is -0.508 e. The van der Waals surface area contributed by atoms with Crippen LogP contribution in [-0.4, -0.2) is 23.1 Å². The van der Waals surface area contributed by atoms with E-state index in [0.717, 1.165) is 0 Å².